The van der Waals surface area contributed by atoms with Crippen molar-refractivity contribution in [3.05, 3.63) is 17.8 Å². The van der Waals surface area contributed by atoms with Crippen molar-refractivity contribution >= 4 is 11.6 Å². The molecule has 2 rings (SSSR count). The summed E-state index contributed by atoms with van der Waals surface area (Å²) in [6.07, 6.45) is 8.34. The smallest absolute Gasteiger partial charge is 0.209 e. The highest BCUT2D eigenvalue weighted by Gasteiger charge is 2.19. The Morgan fingerprint density at radius 1 is 1.38 bits per heavy atom. The van der Waals surface area contributed by atoms with E-state index in [-0.39, 0.29) is 0 Å². The van der Waals surface area contributed by atoms with E-state index >= 15 is 0 Å². The second kappa shape index (κ2) is 4.14. The number of nitrogens with zero attached hydrogens (tertiary/aromatic N) is 1. The lowest BCUT2D eigenvalue weighted by atomic mass is 9.88. The largest absolute Gasteiger partial charge is 0.444 e. The first-order valence-corrected chi connectivity index (χ1v) is 5.44. The number of alkyl halides is 1. The normalized spacial score (nSPS) is 19.2. The molecule has 0 amide bonds. The van der Waals surface area contributed by atoms with Crippen LogP contribution < -0.4 is 0 Å². The maximum absolute atomic E-state index is 5.62. The van der Waals surface area contributed by atoms with Gasteiger partial charge in [0.25, 0.3) is 0 Å². The predicted molar refractivity (Wildman–Crippen MR) is 51.9 cm³/mol. The summed E-state index contributed by atoms with van der Waals surface area (Å²) in [6, 6.07) is 0. The number of hydrogen-bond acceptors (Lipinski definition) is 2. The molecular formula is C10H14ClNO. The van der Waals surface area contributed by atoms with E-state index in [0.29, 0.717) is 17.7 Å². The van der Waals surface area contributed by atoms with Gasteiger partial charge in [-0.15, -0.1) is 11.6 Å². The van der Waals surface area contributed by atoms with Crippen molar-refractivity contribution in [2.75, 3.05) is 0 Å². The Bertz CT molecular complexity index is 266. The van der Waals surface area contributed by atoms with E-state index in [4.69, 9.17) is 16.0 Å². The molecule has 0 unspecified atom stereocenters. The van der Waals surface area contributed by atoms with E-state index in [1.54, 1.807) is 0 Å². The quantitative estimate of drug-likeness (QED) is 0.682. The Morgan fingerprint density at radius 3 is 2.77 bits per heavy atom. The van der Waals surface area contributed by atoms with Crippen LogP contribution in [0.25, 0.3) is 0 Å². The van der Waals surface area contributed by atoms with Gasteiger partial charge in [-0.1, -0.05) is 19.3 Å². The lowest BCUT2D eigenvalue weighted by molar-refractivity contribution is 0.364. The first-order chi connectivity index (χ1) is 6.40. The summed E-state index contributed by atoms with van der Waals surface area (Å²) >= 11 is 5.62. The van der Waals surface area contributed by atoms with Gasteiger partial charge in [-0.2, -0.15) is 0 Å². The molecule has 0 saturated heterocycles. The zero-order valence-corrected chi connectivity index (χ0v) is 8.39. The summed E-state index contributed by atoms with van der Waals surface area (Å²) < 4.78 is 5.53. The molecular weight excluding hydrogens is 186 g/mol. The highest BCUT2D eigenvalue weighted by Crippen LogP contribution is 2.32. The topological polar surface area (TPSA) is 26.0 Å². The van der Waals surface area contributed by atoms with Gasteiger partial charge < -0.3 is 4.42 Å². The van der Waals surface area contributed by atoms with Crippen LogP contribution >= 0.6 is 11.6 Å². The molecule has 0 N–H and O–H groups in total. The van der Waals surface area contributed by atoms with Crippen LogP contribution in [0.4, 0.5) is 0 Å². The summed E-state index contributed by atoms with van der Waals surface area (Å²) in [4.78, 5) is 4.11. The van der Waals surface area contributed by atoms with Crippen molar-refractivity contribution in [2.24, 2.45) is 0 Å². The fraction of sp³-hybridized carbons (Fsp3) is 0.700. The van der Waals surface area contributed by atoms with Gasteiger partial charge in [0.2, 0.25) is 5.89 Å². The Labute approximate surface area is 83.3 Å². The fourth-order valence-corrected chi connectivity index (χ4v) is 2.09. The van der Waals surface area contributed by atoms with Gasteiger partial charge in [-0.3, -0.25) is 0 Å². The Kier molecular flexibility index (Phi) is 2.89. The second-order valence-corrected chi connectivity index (χ2v) is 3.89. The molecule has 2 nitrogen and oxygen atoms in total. The maximum Gasteiger partial charge on any atom is 0.209 e. The zero-order chi connectivity index (χ0) is 9.10. The van der Waals surface area contributed by atoms with Gasteiger partial charge in [0.1, 0.15) is 5.76 Å². The van der Waals surface area contributed by atoms with Crippen molar-refractivity contribution in [3.63, 3.8) is 0 Å². The molecule has 1 aromatic heterocycles. The molecule has 72 valence electrons. The third-order valence-corrected chi connectivity index (χ3v) is 2.92. The van der Waals surface area contributed by atoms with Crippen LogP contribution in [0.2, 0.25) is 0 Å². The molecule has 1 aliphatic carbocycles. The van der Waals surface area contributed by atoms with Crippen molar-refractivity contribution in [1.82, 2.24) is 4.98 Å². The van der Waals surface area contributed by atoms with Crippen molar-refractivity contribution in [1.29, 1.82) is 0 Å². The molecule has 1 aromatic rings. The highest BCUT2D eigenvalue weighted by molar-refractivity contribution is 6.16. The molecule has 1 saturated carbocycles. The standard InChI is InChI=1S/C10H14ClNO/c11-6-10-12-7-9(13-10)8-4-2-1-3-5-8/h7-8H,1-6H2. The third kappa shape index (κ3) is 2.05. The minimum Gasteiger partial charge on any atom is -0.444 e. The van der Waals surface area contributed by atoms with Crippen LogP contribution in [0.5, 0.6) is 0 Å². The van der Waals surface area contributed by atoms with Crippen LogP contribution in [-0.4, -0.2) is 4.98 Å². The van der Waals surface area contributed by atoms with Gasteiger partial charge >= 0.3 is 0 Å². The first kappa shape index (κ1) is 9.07. The molecule has 1 aliphatic rings. The fourth-order valence-electron chi connectivity index (χ4n) is 1.96. The summed E-state index contributed by atoms with van der Waals surface area (Å²) in [5, 5.41) is 0. The molecule has 1 fully saturated rings. The van der Waals surface area contributed by atoms with Crippen LogP contribution in [0.3, 0.4) is 0 Å². The molecule has 0 aromatic carbocycles. The summed E-state index contributed by atoms with van der Waals surface area (Å²) in [6.45, 7) is 0. The summed E-state index contributed by atoms with van der Waals surface area (Å²) in [5.41, 5.74) is 0. The average molecular weight is 200 g/mol. The van der Waals surface area contributed by atoms with Gasteiger partial charge in [-0.25, -0.2) is 4.98 Å². The van der Waals surface area contributed by atoms with Crippen LogP contribution in [0.1, 0.15) is 49.7 Å². The second-order valence-electron chi connectivity index (χ2n) is 3.62. The molecule has 0 aliphatic heterocycles. The lowest BCUT2D eigenvalue weighted by Gasteiger charge is -2.18. The van der Waals surface area contributed by atoms with E-state index in [9.17, 15) is 0 Å². The number of oxazole rings is 1. The predicted octanol–water partition coefficient (Wildman–Crippen LogP) is 3.46. The molecule has 0 atom stereocenters. The molecule has 13 heavy (non-hydrogen) atoms. The summed E-state index contributed by atoms with van der Waals surface area (Å²) in [5.74, 6) is 2.67. The van der Waals surface area contributed by atoms with Crippen LogP contribution in [-0.2, 0) is 5.88 Å². The Morgan fingerprint density at radius 2 is 2.15 bits per heavy atom. The SMILES string of the molecule is ClCc1ncc(C2CCCCC2)o1. The summed E-state index contributed by atoms with van der Waals surface area (Å²) in [7, 11) is 0. The van der Waals surface area contributed by atoms with Crippen molar-refractivity contribution in [3.8, 4) is 0 Å². The molecule has 0 spiro atoms. The molecule has 0 radical (unpaired) electrons. The first-order valence-electron chi connectivity index (χ1n) is 4.90. The van der Waals surface area contributed by atoms with E-state index < -0.39 is 0 Å². The van der Waals surface area contributed by atoms with Gasteiger partial charge in [0, 0.05) is 5.92 Å². The molecule has 3 heteroatoms. The third-order valence-electron chi connectivity index (χ3n) is 2.69. The van der Waals surface area contributed by atoms with Crippen LogP contribution in [0.15, 0.2) is 10.6 Å². The Hall–Kier alpha value is -0.500. The van der Waals surface area contributed by atoms with E-state index in [2.05, 4.69) is 4.98 Å². The number of halogens is 1. The van der Waals surface area contributed by atoms with E-state index in [1.807, 2.05) is 6.20 Å². The van der Waals surface area contributed by atoms with E-state index in [0.717, 1.165) is 5.76 Å². The minimum atomic E-state index is 0.382. The number of aromatic nitrogens is 1. The Balaban J connectivity index is 2.05. The van der Waals surface area contributed by atoms with Crippen molar-refractivity contribution in [2.45, 2.75) is 43.9 Å². The minimum absolute atomic E-state index is 0.382. The number of rotatable bonds is 2. The van der Waals surface area contributed by atoms with E-state index in [1.165, 1.54) is 32.1 Å². The molecule has 0 bridgehead atoms. The maximum atomic E-state index is 5.62. The van der Waals surface area contributed by atoms with Gasteiger partial charge in [0.15, 0.2) is 0 Å². The monoisotopic (exact) mass is 199 g/mol. The zero-order valence-electron chi connectivity index (χ0n) is 7.63. The van der Waals surface area contributed by atoms with Crippen molar-refractivity contribution < 1.29 is 4.42 Å². The van der Waals surface area contributed by atoms with Crippen LogP contribution in [0, 0.1) is 0 Å². The molecule has 1 heterocycles. The highest BCUT2D eigenvalue weighted by atomic mass is 35.5. The van der Waals surface area contributed by atoms with Gasteiger partial charge in [-0.05, 0) is 12.8 Å². The lowest BCUT2D eigenvalue weighted by Crippen LogP contribution is -2.02. The van der Waals surface area contributed by atoms with Gasteiger partial charge in [0.05, 0.1) is 12.1 Å². The number of hydrogen-bond donors (Lipinski definition) is 0. The average Bonchev–Trinajstić information content (AvgIpc) is 2.67.